The molecule has 1 aromatic rings. The Morgan fingerprint density at radius 2 is 2.05 bits per heavy atom. The van der Waals surface area contributed by atoms with Crippen molar-refractivity contribution in [3.8, 4) is 11.5 Å². The highest BCUT2D eigenvalue weighted by molar-refractivity contribution is 5.87. The molecule has 1 saturated carbocycles. The molecule has 0 bridgehead atoms. The second kappa shape index (κ2) is 6.81. The van der Waals surface area contributed by atoms with Gasteiger partial charge in [0.2, 0.25) is 5.91 Å². The number of amides is 1. The number of rotatable bonds is 5. The average molecular weight is 301 g/mol. The van der Waals surface area contributed by atoms with Crippen molar-refractivity contribution in [1.29, 1.82) is 0 Å². The summed E-state index contributed by atoms with van der Waals surface area (Å²) >= 11 is 0. The maximum absolute atomic E-state index is 12.0. The fraction of sp³-hybridized carbons (Fsp3) is 0.500. The van der Waals surface area contributed by atoms with E-state index in [-0.39, 0.29) is 18.3 Å². The molecule has 1 aliphatic carbocycles. The minimum absolute atomic E-state index is 0. The molecule has 1 aliphatic rings. The molecule has 1 amide bonds. The summed E-state index contributed by atoms with van der Waals surface area (Å²) < 4.78 is 10.4. The van der Waals surface area contributed by atoms with Crippen LogP contribution in [0, 0.1) is 0 Å². The molecule has 3 N–H and O–H groups in total. The molecule has 0 aromatic heterocycles. The molecule has 1 aromatic carbocycles. The predicted molar refractivity (Wildman–Crippen MR) is 79.4 cm³/mol. The van der Waals surface area contributed by atoms with Crippen molar-refractivity contribution in [2.45, 2.75) is 31.3 Å². The molecule has 0 atom stereocenters. The summed E-state index contributed by atoms with van der Waals surface area (Å²) in [5.74, 6) is 1.36. The molecular formula is C14H21ClN2O3. The first-order chi connectivity index (χ1) is 9.09. The zero-order chi connectivity index (χ0) is 13.9. The normalized spacial score (nSPS) is 15.6. The molecule has 5 nitrogen and oxygen atoms in total. The average Bonchev–Trinajstić information content (AvgIpc) is 2.41. The molecule has 6 heteroatoms. The van der Waals surface area contributed by atoms with Crippen LogP contribution in [0.1, 0.15) is 24.8 Å². The van der Waals surface area contributed by atoms with Gasteiger partial charge in [-0.25, -0.2) is 0 Å². The molecular weight excluding hydrogens is 280 g/mol. The van der Waals surface area contributed by atoms with Gasteiger partial charge in [0.1, 0.15) is 11.5 Å². The van der Waals surface area contributed by atoms with Crippen molar-refractivity contribution in [2.24, 2.45) is 5.73 Å². The predicted octanol–water partition coefficient (Wildman–Crippen LogP) is 1.62. The van der Waals surface area contributed by atoms with Crippen LogP contribution in [0.4, 0.5) is 0 Å². The van der Waals surface area contributed by atoms with E-state index < -0.39 is 5.54 Å². The van der Waals surface area contributed by atoms with E-state index in [1.54, 1.807) is 14.2 Å². The highest BCUT2D eigenvalue weighted by Gasteiger charge is 2.39. The number of carbonyl (C=O) groups excluding carboxylic acids is 1. The molecule has 2 rings (SSSR count). The lowest BCUT2D eigenvalue weighted by molar-refractivity contribution is -0.129. The topological polar surface area (TPSA) is 73.6 Å². The molecule has 0 aliphatic heterocycles. The van der Waals surface area contributed by atoms with Gasteiger partial charge in [0.15, 0.2) is 0 Å². The summed E-state index contributed by atoms with van der Waals surface area (Å²) in [6.07, 6.45) is 2.54. The van der Waals surface area contributed by atoms with E-state index in [0.717, 1.165) is 36.3 Å². The van der Waals surface area contributed by atoms with Crippen molar-refractivity contribution in [1.82, 2.24) is 5.32 Å². The Labute approximate surface area is 125 Å². The summed E-state index contributed by atoms with van der Waals surface area (Å²) in [6.45, 7) is 0.387. The lowest BCUT2D eigenvalue weighted by atomic mass is 9.77. The first-order valence-corrected chi connectivity index (χ1v) is 6.37. The van der Waals surface area contributed by atoms with Crippen LogP contribution in [0.3, 0.4) is 0 Å². The van der Waals surface area contributed by atoms with Crippen LogP contribution in [0.25, 0.3) is 0 Å². The lowest BCUT2D eigenvalue weighted by Gasteiger charge is -2.36. The second-order valence-corrected chi connectivity index (χ2v) is 4.87. The summed E-state index contributed by atoms with van der Waals surface area (Å²) in [7, 11) is 3.21. The molecule has 0 heterocycles. The standard InChI is InChI=1S/C14H20N2O3.ClH/c1-18-11-4-5-12(19-2)10(8-11)9-16-13(17)14(15)6-3-7-14;/h4-5,8H,3,6-7,9,15H2,1-2H3,(H,16,17);1H. The number of nitrogens with two attached hydrogens (primary N) is 1. The van der Waals surface area contributed by atoms with Gasteiger partial charge in [0.25, 0.3) is 0 Å². The van der Waals surface area contributed by atoms with Crippen molar-refractivity contribution < 1.29 is 14.3 Å². The van der Waals surface area contributed by atoms with Gasteiger partial charge in [-0.1, -0.05) is 0 Å². The maximum atomic E-state index is 12.0. The second-order valence-electron chi connectivity index (χ2n) is 4.87. The van der Waals surface area contributed by atoms with Gasteiger partial charge in [0.05, 0.1) is 19.8 Å². The van der Waals surface area contributed by atoms with Gasteiger partial charge in [0, 0.05) is 12.1 Å². The van der Waals surface area contributed by atoms with Crippen molar-refractivity contribution in [3.63, 3.8) is 0 Å². The van der Waals surface area contributed by atoms with E-state index in [4.69, 9.17) is 15.2 Å². The number of methoxy groups -OCH3 is 2. The molecule has 0 saturated heterocycles. The molecule has 112 valence electrons. The van der Waals surface area contributed by atoms with Gasteiger partial charge in [-0.15, -0.1) is 12.4 Å². The van der Waals surface area contributed by atoms with Gasteiger partial charge in [-0.05, 0) is 37.5 Å². The van der Waals surface area contributed by atoms with Crippen LogP contribution in [-0.2, 0) is 11.3 Å². The van der Waals surface area contributed by atoms with Gasteiger partial charge in [-0.2, -0.15) is 0 Å². The number of ether oxygens (including phenoxy) is 2. The minimum Gasteiger partial charge on any atom is -0.497 e. The van der Waals surface area contributed by atoms with Crippen LogP contribution in [0.5, 0.6) is 11.5 Å². The molecule has 1 fully saturated rings. The Balaban J connectivity index is 0.00000200. The summed E-state index contributed by atoms with van der Waals surface area (Å²) in [4.78, 5) is 12.0. The van der Waals surface area contributed by atoms with Gasteiger partial charge < -0.3 is 20.5 Å². The van der Waals surface area contributed by atoms with Crippen LogP contribution < -0.4 is 20.5 Å². The largest absolute Gasteiger partial charge is 0.497 e. The molecule has 0 unspecified atom stereocenters. The third-order valence-electron chi connectivity index (χ3n) is 3.62. The first-order valence-electron chi connectivity index (χ1n) is 6.37. The van der Waals surface area contributed by atoms with Gasteiger partial charge in [-0.3, -0.25) is 4.79 Å². The fourth-order valence-corrected chi connectivity index (χ4v) is 2.16. The summed E-state index contributed by atoms with van der Waals surface area (Å²) in [5.41, 5.74) is 6.17. The van der Waals surface area contributed by atoms with E-state index >= 15 is 0 Å². The van der Waals surface area contributed by atoms with Crippen molar-refractivity contribution in [3.05, 3.63) is 23.8 Å². The SMILES string of the molecule is COc1ccc(OC)c(CNC(=O)C2(N)CCC2)c1.Cl. The first kappa shape index (κ1) is 16.6. The highest BCUT2D eigenvalue weighted by atomic mass is 35.5. The zero-order valence-electron chi connectivity index (χ0n) is 11.8. The highest BCUT2D eigenvalue weighted by Crippen LogP contribution is 2.29. The summed E-state index contributed by atoms with van der Waals surface area (Å²) in [5, 5.41) is 2.87. The smallest absolute Gasteiger partial charge is 0.240 e. The Bertz CT molecular complexity index is 475. The van der Waals surface area contributed by atoms with E-state index in [2.05, 4.69) is 5.32 Å². The molecule has 0 radical (unpaired) electrons. The van der Waals surface area contributed by atoms with E-state index in [1.165, 1.54) is 0 Å². The number of benzene rings is 1. The van der Waals surface area contributed by atoms with Crippen LogP contribution >= 0.6 is 12.4 Å². The van der Waals surface area contributed by atoms with Crippen LogP contribution in [-0.4, -0.2) is 25.7 Å². The quantitative estimate of drug-likeness (QED) is 0.867. The zero-order valence-corrected chi connectivity index (χ0v) is 12.6. The number of halogens is 1. The minimum atomic E-state index is -0.675. The number of hydrogen-bond acceptors (Lipinski definition) is 4. The molecule has 20 heavy (non-hydrogen) atoms. The Hall–Kier alpha value is -1.46. The number of hydrogen-bond donors (Lipinski definition) is 2. The number of nitrogens with one attached hydrogen (secondary N) is 1. The lowest BCUT2D eigenvalue weighted by Crippen LogP contribution is -2.58. The van der Waals surface area contributed by atoms with Crippen molar-refractivity contribution in [2.75, 3.05) is 14.2 Å². The molecule has 0 spiro atoms. The van der Waals surface area contributed by atoms with Crippen LogP contribution in [0.2, 0.25) is 0 Å². The third-order valence-corrected chi connectivity index (χ3v) is 3.62. The third kappa shape index (κ3) is 3.35. The summed E-state index contributed by atoms with van der Waals surface area (Å²) in [6, 6.07) is 5.49. The number of carbonyl (C=O) groups is 1. The van der Waals surface area contributed by atoms with Gasteiger partial charge >= 0.3 is 0 Å². The maximum Gasteiger partial charge on any atom is 0.240 e. The monoisotopic (exact) mass is 300 g/mol. The van der Waals surface area contributed by atoms with E-state index in [0.29, 0.717) is 6.54 Å². The van der Waals surface area contributed by atoms with E-state index in [1.807, 2.05) is 18.2 Å². The Morgan fingerprint density at radius 3 is 2.55 bits per heavy atom. The van der Waals surface area contributed by atoms with Crippen molar-refractivity contribution >= 4 is 18.3 Å². The fourth-order valence-electron chi connectivity index (χ4n) is 2.16. The van der Waals surface area contributed by atoms with E-state index in [9.17, 15) is 4.79 Å². The van der Waals surface area contributed by atoms with Crippen LogP contribution in [0.15, 0.2) is 18.2 Å². The Kier molecular flexibility index (Phi) is 5.65. The Morgan fingerprint density at radius 1 is 1.35 bits per heavy atom.